The van der Waals surface area contributed by atoms with Gasteiger partial charge in [0.1, 0.15) is 0 Å². The van der Waals surface area contributed by atoms with Crippen molar-refractivity contribution in [1.29, 1.82) is 0 Å². The van der Waals surface area contributed by atoms with Crippen LogP contribution in [0.1, 0.15) is 13.8 Å². The topological polar surface area (TPSA) is 29.1 Å². The molecule has 1 unspecified atom stereocenters. The standard InChI is InChI=1S/C4H10NOP/c1-3(2)5-4(6)7/h3H,7H2,1-2H3,(H,5,6). The van der Waals surface area contributed by atoms with Gasteiger partial charge in [0.2, 0.25) is 5.65 Å². The first-order valence-corrected chi connectivity index (χ1v) is 2.76. The van der Waals surface area contributed by atoms with Gasteiger partial charge in [0.15, 0.2) is 0 Å². The third-order valence-electron chi connectivity index (χ3n) is 0.431. The zero-order chi connectivity index (χ0) is 5.86. The third kappa shape index (κ3) is 5.90. The van der Waals surface area contributed by atoms with Gasteiger partial charge in [-0.1, -0.05) is 0 Å². The molecule has 0 saturated heterocycles. The molecule has 0 aromatic carbocycles. The lowest BCUT2D eigenvalue weighted by molar-refractivity contribution is 0.258. The summed E-state index contributed by atoms with van der Waals surface area (Å²) in [6, 6.07) is 0.255. The predicted octanol–water partition coefficient (Wildman–Crippen LogP) is 0.979. The molecule has 0 aliphatic carbocycles. The fourth-order valence-corrected chi connectivity index (χ4v) is 0.618. The monoisotopic (exact) mass is 119 g/mol. The van der Waals surface area contributed by atoms with E-state index >= 15 is 0 Å². The fraction of sp³-hybridized carbons (Fsp3) is 0.750. The van der Waals surface area contributed by atoms with E-state index in [1.165, 1.54) is 0 Å². The van der Waals surface area contributed by atoms with E-state index in [9.17, 15) is 4.79 Å². The van der Waals surface area contributed by atoms with Crippen molar-refractivity contribution in [1.82, 2.24) is 5.32 Å². The minimum atomic E-state index is -0.0463. The Labute approximate surface area is 45.9 Å². The summed E-state index contributed by atoms with van der Waals surface area (Å²) in [5, 5.41) is 2.63. The Balaban J connectivity index is 3.13. The molecule has 0 bridgehead atoms. The van der Waals surface area contributed by atoms with Gasteiger partial charge in [-0.25, -0.2) is 0 Å². The molecule has 0 spiro atoms. The van der Waals surface area contributed by atoms with E-state index in [-0.39, 0.29) is 11.7 Å². The largest absolute Gasteiger partial charge is 0.351 e. The van der Waals surface area contributed by atoms with E-state index in [0.717, 1.165) is 0 Å². The van der Waals surface area contributed by atoms with Crippen LogP contribution >= 0.6 is 9.24 Å². The van der Waals surface area contributed by atoms with E-state index < -0.39 is 0 Å². The maximum absolute atomic E-state index is 10.1. The highest BCUT2D eigenvalue weighted by molar-refractivity contribution is 7.39. The van der Waals surface area contributed by atoms with Crippen molar-refractivity contribution < 1.29 is 4.79 Å². The Hall–Kier alpha value is -0.100. The lowest BCUT2D eigenvalue weighted by Crippen LogP contribution is -2.24. The maximum Gasteiger partial charge on any atom is 0.234 e. The Morgan fingerprint density at radius 1 is 1.71 bits per heavy atom. The van der Waals surface area contributed by atoms with Crippen molar-refractivity contribution in [3.8, 4) is 0 Å². The first kappa shape index (κ1) is 6.90. The average Bonchev–Trinajstić information content (AvgIpc) is 1.27. The van der Waals surface area contributed by atoms with Crippen LogP contribution in [0.3, 0.4) is 0 Å². The number of carbonyl (C=O) groups is 1. The van der Waals surface area contributed by atoms with E-state index in [1.807, 2.05) is 13.8 Å². The highest BCUT2D eigenvalue weighted by Crippen LogP contribution is 1.84. The second kappa shape index (κ2) is 2.98. The average molecular weight is 119 g/mol. The molecule has 0 aliphatic heterocycles. The number of hydrogen-bond acceptors (Lipinski definition) is 1. The van der Waals surface area contributed by atoms with Gasteiger partial charge >= 0.3 is 0 Å². The Morgan fingerprint density at radius 2 is 2.14 bits per heavy atom. The number of nitrogens with one attached hydrogen (secondary N) is 1. The summed E-state index contributed by atoms with van der Waals surface area (Å²) in [6.45, 7) is 3.84. The maximum atomic E-state index is 10.1. The van der Waals surface area contributed by atoms with Crippen molar-refractivity contribution >= 4 is 14.9 Å². The summed E-state index contributed by atoms with van der Waals surface area (Å²) < 4.78 is 0. The molecule has 0 rings (SSSR count). The molecule has 0 heterocycles. The Bertz CT molecular complexity index is 72.1. The smallest absolute Gasteiger partial charge is 0.234 e. The van der Waals surface area contributed by atoms with Crippen LogP contribution in [0, 0.1) is 0 Å². The van der Waals surface area contributed by atoms with E-state index in [2.05, 4.69) is 14.6 Å². The van der Waals surface area contributed by atoms with Crippen LogP contribution < -0.4 is 5.32 Å². The quantitative estimate of drug-likeness (QED) is 0.512. The molecule has 0 fully saturated rings. The molecule has 0 aromatic heterocycles. The van der Waals surface area contributed by atoms with E-state index in [1.54, 1.807) is 0 Å². The molecule has 1 N–H and O–H groups in total. The highest BCUT2D eigenvalue weighted by Gasteiger charge is 1.91. The normalized spacial score (nSPS) is 9.14. The molecular weight excluding hydrogens is 109 g/mol. The van der Waals surface area contributed by atoms with Crippen LogP contribution in [0.5, 0.6) is 0 Å². The van der Waals surface area contributed by atoms with Gasteiger partial charge in [-0.3, -0.25) is 4.79 Å². The number of amides is 1. The summed E-state index contributed by atoms with van der Waals surface area (Å²) >= 11 is 0. The summed E-state index contributed by atoms with van der Waals surface area (Å²) in [7, 11) is 2.05. The zero-order valence-electron chi connectivity index (χ0n) is 4.56. The lowest BCUT2D eigenvalue weighted by atomic mass is 10.4. The molecule has 0 saturated carbocycles. The molecule has 0 aromatic rings. The second-order valence-electron chi connectivity index (χ2n) is 1.66. The van der Waals surface area contributed by atoms with Gasteiger partial charge in [0.05, 0.1) is 0 Å². The van der Waals surface area contributed by atoms with E-state index in [0.29, 0.717) is 0 Å². The van der Waals surface area contributed by atoms with Crippen molar-refractivity contribution in [2.45, 2.75) is 19.9 Å². The predicted molar refractivity (Wildman–Crippen MR) is 33.4 cm³/mol. The van der Waals surface area contributed by atoms with Gasteiger partial charge < -0.3 is 5.32 Å². The zero-order valence-corrected chi connectivity index (χ0v) is 5.72. The second-order valence-corrected chi connectivity index (χ2v) is 2.19. The van der Waals surface area contributed by atoms with Gasteiger partial charge in [0, 0.05) is 6.04 Å². The molecule has 1 atom stereocenters. The van der Waals surface area contributed by atoms with Crippen LogP contribution in [0.15, 0.2) is 0 Å². The minimum absolute atomic E-state index is 0.0463. The highest BCUT2D eigenvalue weighted by atomic mass is 31.0. The molecule has 0 aliphatic rings. The Morgan fingerprint density at radius 3 is 2.14 bits per heavy atom. The first-order chi connectivity index (χ1) is 3.13. The summed E-state index contributed by atoms with van der Waals surface area (Å²) in [4.78, 5) is 10.1. The molecule has 7 heavy (non-hydrogen) atoms. The lowest BCUT2D eigenvalue weighted by Gasteiger charge is -2.01. The molecule has 42 valence electrons. The van der Waals surface area contributed by atoms with Crippen LogP contribution in [-0.2, 0) is 0 Å². The van der Waals surface area contributed by atoms with Crippen molar-refractivity contribution in [3.63, 3.8) is 0 Å². The van der Waals surface area contributed by atoms with Gasteiger partial charge in [0.25, 0.3) is 0 Å². The third-order valence-corrected chi connectivity index (χ3v) is 0.598. The van der Waals surface area contributed by atoms with Gasteiger partial charge in [-0.05, 0) is 23.1 Å². The summed E-state index contributed by atoms with van der Waals surface area (Å²) in [5.41, 5.74) is -0.0463. The fourth-order valence-electron chi connectivity index (χ4n) is 0.285. The molecule has 1 amide bonds. The minimum Gasteiger partial charge on any atom is -0.351 e. The Kier molecular flexibility index (Phi) is 2.93. The van der Waals surface area contributed by atoms with Gasteiger partial charge in [-0.2, -0.15) is 0 Å². The molecule has 3 heteroatoms. The summed E-state index contributed by atoms with van der Waals surface area (Å²) in [5.74, 6) is 0. The molecule has 2 nitrogen and oxygen atoms in total. The number of carbonyl (C=O) groups excluding carboxylic acids is 1. The number of hydrogen-bond donors (Lipinski definition) is 1. The van der Waals surface area contributed by atoms with Crippen LogP contribution in [-0.4, -0.2) is 11.7 Å². The summed E-state index contributed by atoms with van der Waals surface area (Å²) in [6.07, 6.45) is 0. The molecule has 0 radical (unpaired) electrons. The van der Waals surface area contributed by atoms with Crippen LogP contribution in [0.25, 0.3) is 0 Å². The van der Waals surface area contributed by atoms with Crippen LogP contribution in [0.4, 0.5) is 4.79 Å². The van der Waals surface area contributed by atoms with Crippen molar-refractivity contribution in [3.05, 3.63) is 0 Å². The van der Waals surface area contributed by atoms with Crippen LogP contribution in [0.2, 0.25) is 0 Å². The number of rotatable bonds is 1. The van der Waals surface area contributed by atoms with Crippen molar-refractivity contribution in [2.75, 3.05) is 0 Å². The SMILES string of the molecule is CC(C)NC(=O)P. The van der Waals surface area contributed by atoms with E-state index in [4.69, 9.17) is 0 Å². The molecular formula is C4H10NOP. The van der Waals surface area contributed by atoms with Crippen molar-refractivity contribution in [2.24, 2.45) is 0 Å². The first-order valence-electron chi connectivity index (χ1n) is 2.19. The van der Waals surface area contributed by atoms with Gasteiger partial charge in [-0.15, -0.1) is 0 Å².